The van der Waals surface area contributed by atoms with E-state index in [0.29, 0.717) is 45.9 Å². The summed E-state index contributed by atoms with van der Waals surface area (Å²) in [7, 11) is 4.46. The molecule has 0 fully saturated rings. The lowest BCUT2D eigenvalue weighted by Crippen LogP contribution is -2.14. The Bertz CT molecular complexity index is 1240. The zero-order chi connectivity index (χ0) is 24.5. The second-order valence-electron chi connectivity index (χ2n) is 6.99. The third kappa shape index (κ3) is 6.00. The van der Waals surface area contributed by atoms with Crippen molar-refractivity contribution >= 4 is 29.3 Å². The number of halogens is 1. The highest BCUT2D eigenvalue weighted by molar-refractivity contribution is 6.32. The minimum atomic E-state index is -0.630. The monoisotopic (exact) mass is 478 g/mol. The van der Waals surface area contributed by atoms with E-state index in [0.717, 1.165) is 5.56 Å². The van der Waals surface area contributed by atoms with Gasteiger partial charge in [-0.05, 0) is 23.8 Å². The number of carbonyl (C=O) groups is 1. The second-order valence-corrected chi connectivity index (χ2v) is 7.40. The summed E-state index contributed by atoms with van der Waals surface area (Å²) in [5, 5.41) is 12.7. The number of nitrogens with zero attached hydrogens (tertiary/aromatic N) is 1. The molecule has 3 aromatic carbocycles. The summed E-state index contributed by atoms with van der Waals surface area (Å²) in [6.45, 7) is 0.310. The van der Waals surface area contributed by atoms with Crippen LogP contribution in [0.4, 0.5) is 5.69 Å². The summed E-state index contributed by atoms with van der Waals surface area (Å²) in [6, 6.07) is 19.8. The van der Waals surface area contributed by atoms with Gasteiger partial charge in [0, 0.05) is 23.8 Å². The summed E-state index contributed by atoms with van der Waals surface area (Å²) in [4.78, 5) is 12.9. The van der Waals surface area contributed by atoms with Gasteiger partial charge in [-0.2, -0.15) is 5.26 Å². The molecule has 0 bridgehead atoms. The second kappa shape index (κ2) is 11.6. The van der Waals surface area contributed by atoms with Gasteiger partial charge in [0.25, 0.3) is 5.91 Å². The fourth-order valence-electron chi connectivity index (χ4n) is 3.07. The van der Waals surface area contributed by atoms with Gasteiger partial charge in [-0.25, -0.2) is 0 Å². The van der Waals surface area contributed by atoms with Crippen LogP contribution in [0.3, 0.4) is 0 Å². The van der Waals surface area contributed by atoms with Crippen molar-refractivity contribution in [2.24, 2.45) is 0 Å². The molecule has 0 aliphatic rings. The first-order valence-corrected chi connectivity index (χ1v) is 10.6. The Morgan fingerprint density at radius 1 is 0.971 bits per heavy atom. The van der Waals surface area contributed by atoms with Gasteiger partial charge in [0.1, 0.15) is 41.2 Å². The zero-order valence-electron chi connectivity index (χ0n) is 18.9. The van der Waals surface area contributed by atoms with Crippen LogP contribution < -0.4 is 24.3 Å². The lowest BCUT2D eigenvalue weighted by molar-refractivity contribution is -0.112. The number of hydrogen-bond acceptors (Lipinski definition) is 6. The Labute approximate surface area is 203 Å². The van der Waals surface area contributed by atoms with Gasteiger partial charge in [-0.15, -0.1) is 0 Å². The molecular weight excluding hydrogens is 456 g/mol. The first kappa shape index (κ1) is 24.5. The number of hydrogen-bond donors (Lipinski definition) is 1. The van der Waals surface area contributed by atoms with Gasteiger partial charge in [-0.1, -0.05) is 41.9 Å². The Morgan fingerprint density at radius 2 is 1.71 bits per heavy atom. The molecule has 0 aliphatic carbocycles. The van der Waals surface area contributed by atoms with Crippen molar-refractivity contribution in [1.82, 2.24) is 0 Å². The Morgan fingerprint density at radius 3 is 2.35 bits per heavy atom. The van der Waals surface area contributed by atoms with E-state index in [4.69, 9.17) is 30.5 Å². The predicted molar refractivity (Wildman–Crippen MR) is 131 cm³/mol. The number of nitriles is 1. The molecule has 0 spiro atoms. The highest BCUT2D eigenvalue weighted by Gasteiger charge is 2.16. The number of rotatable bonds is 9. The van der Waals surface area contributed by atoms with Crippen molar-refractivity contribution in [1.29, 1.82) is 5.26 Å². The molecule has 174 valence electrons. The molecule has 0 atom stereocenters. The van der Waals surface area contributed by atoms with E-state index in [9.17, 15) is 10.1 Å². The van der Waals surface area contributed by atoms with Crippen LogP contribution in [0.15, 0.2) is 66.2 Å². The van der Waals surface area contributed by atoms with Crippen LogP contribution in [-0.2, 0) is 11.4 Å². The Balaban J connectivity index is 1.90. The molecule has 1 amide bonds. The molecular formula is C26H23ClN2O5. The Hall–Kier alpha value is -4.15. The molecule has 8 heteroatoms. The number of anilines is 1. The maximum absolute atomic E-state index is 12.9. The summed E-state index contributed by atoms with van der Waals surface area (Å²) in [5.41, 5.74) is 1.70. The van der Waals surface area contributed by atoms with E-state index in [1.807, 2.05) is 36.4 Å². The summed E-state index contributed by atoms with van der Waals surface area (Å²) in [5.74, 6) is 1.10. The van der Waals surface area contributed by atoms with Gasteiger partial charge >= 0.3 is 0 Å². The molecule has 3 aromatic rings. The molecule has 0 heterocycles. The zero-order valence-corrected chi connectivity index (χ0v) is 19.7. The van der Waals surface area contributed by atoms with E-state index in [2.05, 4.69) is 5.32 Å². The minimum Gasteiger partial charge on any atom is -0.497 e. The number of carbonyl (C=O) groups excluding carboxylic acids is 1. The molecule has 0 saturated heterocycles. The van der Waals surface area contributed by atoms with E-state index in [1.54, 1.807) is 25.3 Å². The average molecular weight is 479 g/mol. The summed E-state index contributed by atoms with van der Waals surface area (Å²) < 4.78 is 21.8. The van der Waals surface area contributed by atoms with Gasteiger partial charge in [-0.3, -0.25) is 4.79 Å². The van der Waals surface area contributed by atoms with Gasteiger partial charge in [0.05, 0.1) is 32.0 Å². The summed E-state index contributed by atoms with van der Waals surface area (Å²) in [6.07, 6.45) is 1.45. The predicted octanol–water partition coefficient (Wildman–Crippen LogP) is 5.49. The number of methoxy groups -OCH3 is 3. The quantitative estimate of drug-likeness (QED) is 0.323. The normalized spacial score (nSPS) is 10.7. The van der Waals surface area contributed by atoms with Crippen molar-refractivity contribution in [3.63, 3.8) is 0 Å². The van der Waals surface area contributed by atoms with Crippen LogP contribution in [-0.4, -0.2) is 27.2 Å². The first-order chi connectivity index (χ1) is 16.5. The maximum atomic E-state index is 12.9. The molecule has 0 aliphatic heterocycles. The standard InChI is InChI=1S/C26H23ClN2O5/c1-31-20-10-9-18(23(12-20)34-16-17-7-5-4-6-8-17)11-19(15-28)26(30)29-22-14-24(32-2)21(27)13-25(22)33-3/h4-14H,16H2,1-3H3,(H,29,30)/b19-11+. The molecule has 0 unspecified atom stereocenters. The number of benzene rings is 3. The molecule has 0 aromatic heterocycles. The van der Waals surface area contributed by atoms with E-state index in [-0.39, 0.29) is 5.57 Å². The summed E-state index contributed by atoms with van der Waals surface area (Å²) >= 11 is 6.12. The van der Waals surface area contributed by atoms with E-state index >= 15 is 0 Å². The van der Waals surface area contributed by atoms with E-state index in [1.165, 1.54) is 32.4 Å². The molecule has 0 saturated carbocycles. The Kier molecular flexibility index (Phi) is 8.38. The van der Waals surface area contributed by atoms with Crippen molar-refractivity contribution < 1.29 is 23.7 Å². The fourth-order valence-corrected chi connectivity index (χ4v) is 3.30. The van der Waals surface area contributed by atoms with Crippen molar-refractivity contribution in [2.75, 3.05) is 26.6 Å². The van der Waals surface area contributed by atoms with Crippen LogP contribution in [0.1, 0.15) is 11.1 Å². The molecule has 7 nitrogen and oxygen atoms in total. The molecule has 1 N–H and O–H groups in total. The fraction of sp³-hybridized carbons (Fsp3) is 0.154. The van der Waals surface area contributed by atoms with Crippen LogP contribution in [0.2, 0.25) is 5.02 Å². The van der Waals surface area contributed by atoms with Crippen LogP contribution in [0, 0.1) is 11.3 Å². The molecule has 34 heavy (non-hydrogen) atoms. The number of amides is 1. The smallest absolute Gasteiger partial charge is 0.266 e. The van der Waals surface area contributed by atoms with Gasteiger partial charge in [0.2, 0.25) is 0 Å². The highest BCUT2D eigenvalue weighted by atomic mass is 35.5. The third-order valence-electron chi connectivity index (χ3n) is 4.84. The van der Waals surface area contributed by atoms with Gasteiger partial charge in [0.15, 0.2) is 0 Å². The minimum absolute atomic E-state index is 0.134. The van der Waals surface area contributed by atoms with Crippen molar-refractivity contribution in [3.8, 4) is 29.1 Å². The molecule has 3 rings (SSSR count). The lowest BCUT2D eigenvalue weighted by atomic mass is 10.1. The topological polar surface area (TPSA) is 89.8 Å². The average Bonchev–Trinajstić information content (AvgIpc) is 2.87. The highest BCUT2D eigenvalue weighted by Crippen LogP contribution is 2.36. The van der Waals surface area contributed by atoms with Crippen LogP contribution in [0.5, 0.6) is 23.0 Å². The SMILES string of the molecule is COc1ccc(/C=C(\C#N)C(=O)Nc2cc(OC)c(Cl)cc2OC)c(OCc2ccccc2)c1. The van der Waals surface area contributed by atoms with Gasteiger partial charge < -0.3 is 24.3 Å². The maximum Gasteiger partial charge on any atom is 0.266 e. The first-order valence-electron chi connectivity index (χ1n) is 10.2. The number of ether oxygens (including phenoxy) is 4. The van der Waals surface area contributed by atoms with Crippen molar-refractivity contribution in [3.05, 3.63) is 82.4 Å². The van der Waals surface area contributed by atoms with Crippen LogP contribution >= 0.6 is 11.6 Å². The molecule has 0 radical (unpaired) electrons. The van der Waals surface area contributed by atoms with Crippen LogP contribution in [0.25, 0.3) is 6.08 Å². The van der Waals surface area contributed by atoms with E-state index < -0.39 is 5.91 Å². The third-order valence-corrected chi connectivity index (χ3v) is 5.14. The lowest BCUT2D eigenvalue weighted by Gasteiger charge is -2.13. The number of nitrogens with one attached hydrogen (secondary N) is 1. The van der Waals surface area contributed by atoms with Crippen molar-refractivity contribution in [2.45, 2.75) is 6.61 Å². The largest absolute Gasteiger partial charge is 0.497 e.